The van der Waals surface area contributed by atoms with Crippen LogP contribution in [0.2, 0.25) is 0 Å². The molecular weight excluding hydrogens is 324 g/mol. The maximum Gasteiger partial charge on any atom is 0.212 e. The average Bonchev–Trinajstić information content (AvgIpc) is 3.17. The number of fused-ring (bicyclic) bond motifs is 1. The zero-order valence-electron chi connectivity index (χ0n) is 15.1. The van der Waals surface area contributed by atoms with Gasteiger partial charge in [-0.1, -0.05) is 36.4 Å². The maximum atomic E-state index is 13.2. The molecule has 1 heterocycles. The third-order valence-electron chi connectivity index (χ3n) is 5.17. The van der Waals surface area contributed by atoms with Crippen LogP contribution in [0.15, 0.2) is 53.9 Å². The van der Waals surface area contributed by atoms with E-state index in [4.69, 9.17) is 0 Å². The number of carbonyl (C=O) groups is 2. The Hall–Kier alpha value is -2.88. The molecule has 0 bridgehead atoms. The summed E-state index contributed by atoms with van der Waals surface area (Å²) in [6.07, 6.45) is 2.09. The van der Waals surface area contributed by atoms with E-state index in [1.807, 2.05) is 38.1 Å². The van der Waals surface area contributed by atoms with Gasteiger partial charge in [-0.3, -0.25) is 9.59 Å². The van der Waals surface area contributed by atoms with Crippen LogP contribution in [0, 0.1) is 13.8 Å². The van der Waals surface area contributed by atoms with Gasteiger partial charge in [0.05, 0.1) is 0 Å². The Kier molecular flexibility index (Phi) is 4.11. The number of aryl methyl sites for hydroxylation is 2. The van der Waals surface area contributed by atoms with Gasteiger partial charge in [0.1, 0.15) is 11.4 Å². The van der Waals surface area contributed by atoms with Gasteiger partial charge in [-0.2, -0.15) is 0 Å². The SMILES string of the molecule is Cc1ccc(C)c(NC2=C(N3CCCC3)C(=O)c3ccccc3C2=O)c1. The Labute approximate surface area is 153 Å². The average molecular weight is 346 g/mol. The van der Waals surface area contributed by atoms with Gasteiger partial charge in [0.25, 0.3) is 0 Å². The quantitative estimate of drug-likeness (QED) is 0.909. The lowest BCUT2D eigenvalue weighted by Crippen LogP contribution is -2.35. The minimum atomic E-state index is -0.108. The molecule has 1 saturated heterocycles. The molecule has 1 fully saturated rings. The minimum Gasteiger partial charge on any atom is -0.367 e. The molecule has 2 aromatic carbocycles. The van der Waals surface area contributed by atoms with Crippen molar-refractivity contribution >= 4 is 17.3 Å². The molecule has 1 N–H and O–H groups in total. The highest BCUT2D eigenvalue weighted by atomic mass is 16.1. The first kappa shape index (κ1) is 16.6. The number of carbonyl (C=O) groups excluding carboxylic acids is 2. The Morgan fingerprint density at radius 1 is 0.885 bits per heavy atom. The Morgan fingerprint density at radius 2 is 1.54 bits per heavy atom. The summed E-state index contributed by atoms with van der Waals surface area (Å²) < 4.78 is 0. The molecule has 0 unspecified atom stereocenters. The number of hydrogen-bond acceptors (Lipinski definition) is 4. The Balaban J connectivity index is 1.86. The molecule has 1 aliphatic heterocycles. The molecule has 0 amide bonds. The number of allylic oxidation sites excluding steroid dienone is 2. The highest BCUT2D eigenvalue weighted by molar-refractivity contribution is 6.27. The van der Waals surface area contributed by atoms with E-state index in [9.17, 15) is 9.59 Å². The Bertz CT molecular complexity index is 937. The molecule has 2 aromatic rings. The highest BCUT2D eigenvalue weighted by Gasteiger charge is 2.36. The third kappa shape index (κ3) is 2.71. The van der Waals surface area contributed by atoms with Gasteiger partial charge in [0, 0.05) is 29.9 Å². The summed E-state index contributed by atoms with van der Waals surface area (Å²) in [5, 5.41) is 3.31. The van der Waals surface area contributed by atoms with Gasteiger partial charge in [-0.15, -0.1) is 0 Å². The van der Waals surface area contributed by atoms with Crippen LogP contribution in [-0.2, 0) is 0 Å². The first-order valence-corrected chi connectivity index (χ1v) is 9.08. The lowest BCUT2D eigenvalue weighted by molar-refractivity contribution is 0.0948. The van der Waals surface area contributed by atoms with E-state index in [1.165, 1.54) is 0 Å². The normalized spacial score (nSPS) is 16.9. The fourth-order valence-electron chi connectivity index (χ4n) is 3.73. The zero-order chi connectivity index (χ0) is 18.3. The summed E-state index contributed by atoms with van der Waals surface area (Å²) in [7, 11) is 0. The molecule has 0 aromatic heterocycles. The van der Waals surface area contributed by atoms with Crippen LogP contribution in [0.4, 0.5) is 5.69 Å². The summed E-state index contributed by atoms with van der Waals surface area (Å²) in [6.45, 7) is 5.65. The van der Waals surface area contributed by atoms with E-state index in [1.54, 1.807) is 18.2 Å². The van der Waals surface area contributed by atoms with Gasteiger partial charge < -0.3 is 10.2 Å². The van der Waals surface area contributed by atoms with E-state index >= 15 is 0 Å². The van der Waals surface area contributed by atoms with Crippen LogP contribution in [0.5, 0.6) is 0 Å². The molecule has 4 nitrogen and oxygen atoms in total. The number of Topliss-reactive ketones (excluding diaryl/α,β-unsaturated/α-hetero) is 2. The first-order valence-electron chi connectivity index (χ1n) is 9.08. The molecule has 2 aliphatic rings. The van der Waals surface area contributed by atoms with Crippen molar-refractivity contribution in [1.29, 1.82) is 0 Å². The molecule has 26 heavy (non-hydrogen) atoms. The van der Waals surface area contributed by atoms with Crippen LogP contribution in [-0.4, -0.2) is 29.6 Å². The second-order valence-electron chi connectivity index (χ2n) is 7.06. The molecular formula is C22H22N2O2. The fourth-order valence-corrected chi connectivity index (χ4v) is 3.73. The van der Waals surface area contributed by atoms with Crippen molar-refractivity contribution in [2.75, 3.05) is 18.4 Å². The predicted octanol–water partition coefficient (Wildman–Crippen LogP) is 4.10. The number of ketones is 2. The number of benzene rings is 2. The van der Waals surface area contributed by atoms with Gasteiger partial charge in [0.15, 0.2) is 0 Å². The smallest absolute Gasteiger partial charge is 0.212 e. The highest BCUT2D eigenvalue weighted by Crippen LogP contribution is 2.32. The largest absolute Gasteiger partial charge is 0.367 e. The molecule has 0 spiro atoms. The van der Waals surface area contributed by atoms with E-state index in [2.05, 4.69) is 10.2 Å². The first-order chi connectivity index (χ1) is 12.6. The molecule has 0 radical (unpaired) electrons. The number of nitrogens with zero attached hydrogens (tertiary/aromatic N) is 1. The maximum absolute atomic E-state index is 13.2. The summed E-state index contributed by atoms with van der Waals surface area (Å²) in [5.74, 6) is -0.169. The molecule has 4 heteroatoms. The van der Waals surface area contributed by atoms with Crippen molar-refractivity contribution in [2.24, 2.45) is 0 Å². The summed E-state index contributed by atoms with van der Waals surface area (Å²) >= 11 is 0. The van der Waals surface area contributed by atoms with E-state index in [0.29, 0.717) is 22.5 Å². The summed E-state index contributed by atoms with van der Waals surface area (Å²) in [4.78, 5) is 28.5. The standard InChI is InChI=1S/C22H22N2O2/c1-14-9-10-15(2)18(13-14)23-19-20(24-11-5-6-12-24)22(26)17-8-4-3-7-16(17)21(19)25/h3-4,7-10,13,23H,5-6,11-12H2,1-2H3. The van der Waals surface area contributed by atoms with Gasteiger partial charge in [0.2, 0.25) is 11.6 Å². The topological polar surface area (TPSA) is 49.4 Å². The molecule has 132 valence electrons. The van der Waals surface area contributed by atoms with Crippen molar-refractivity contribution in [3.05, 3.63) is 76.1 Å². The molecule has 1 aliphatic carbocycles. The van der Waals surface area contributed by atoms with Crippen molar-refractivity contribution in [1.82, 2.24) is 4.90 Å². The lowest BCUT2D eigenvalue weighted by Gasteiger charge is -2.28. The fraction of sp³-hybridized carbons (Fsp3) is 0.273. The number of rotatable bonds is 3. The lowest BCUT2D eigenvalue weighted by atomic mass is 9.89. The van der Waals surface area contributed by atoms with Crippen molar-refractivity contribution in [3.8, 4) is 0 Å². The van der Waals surface area contributed by atoms with Crippen molar-refractivity contribution in [3.63, 3.8) is 0 Å². The molecule has 0 atom stereocenters. The predicted molar refractivity (Wildman–Crippen MR) is 102 cm³/mol. The molecule has 4 rings (SSSR count). The van der Waals surface area contributed by atoms with Crippen LogP contribution in [0.25, 0.3) is 0 Å². The van der Waals surface area contributed by atoms with Gasteiger partial charge >= 0.3 is 0 Å². The number of nitrogens with one attached hydrogen (secondary N) is 1. The van der Waals surface area contributed by atoms with E-state index in [0.717, 1.165) is 42.7 Å². The number of likely N-dealkylation sites (tertiary alicyclic amines) is 1. The van der Waals surface area contributed by atoms with Crippen LogP contribution in [0.3, 0.4) is 0 Å². The number of anilines is 1. The van der Waals surface area contributed by atoms with Crippen molar-refractivity contribution < 1.29 is 9.59 Å². The summed E-state index contributed by atoms with van der Waals surface area (Å²) in [6, 6.07) is 13.2. The summed E-state index contributed by atoms with van der Waals surface area (Å²) in [5.41, 5.74) is 4.94. The van der Waals surface area contributed by atoms with Crippen LogP contribution >= 0.6 is 0 Å². The van der Waals surface area contributed by atoms with E-state index < -0.39 is 0 Å². The van der Waals surface area contributed by atoms with E-state index in [-0.39, 0.29) is 11.6 Å². The monoisotopic (exact) mass is 346 g/mol. The minimum absolute atomic E-state index is 0.0603. The van der Waals surface area contributed by atoms with Crippen LogP contribution in [0.1, 0.15) is 44.7 Å². The second kappa shape index (κ2) is 6.45. The van der Waals surface area contributed by atoms with Gasteiger partial charge in [-0.05, 0) is 43.9 Å². The Morgan fingerprint density at radius 3 is 2.23 bits per heavy atom. The third-order valence-corrected chi connectivity index (χ3v) is 5.17. The van der Waals surface area contributed by atoms with Gasteiger partial charge in [-0.25, -0.2) is 0 Å². The number of hydrogen-bond donors (Lipinski definition) is 1. The van der Waals surface area contributed by atoms with Crippen molar-refractivity contribution in [2.45, 2.75) is 26.7 Å². The second-order valence-corrected chi connectivity index (χ2v) is 7.06. The zero-order valence-corrected chi connectivity index (χ0v) is 15.1. The molecule has 0 saturated carbocycles. The van der Waals surface area contributed by atoms with Crippen LogP contribution < -0.4 is 5.32 Å².